The highest BCUT2D eigenvalue weighted by atomic mass is 32.1. The topological polar surface area (TPSA) is 42.4 Å². The molecule has 1 rings (SSSR count). The summed E-state index contributed by atoms with van der Waals surface area (Å²) in [6, 6.07) is 0. The van der Waals surface area contributed by atoms with Crippen LogP contribution in [0.3, 0.4) is 0 Å². The van der Waals surface area contributed by atoms with E-state index in [4.69, 9.17) is 4.74 Å². The molecule has 2 unspecified atom stereocenters. The Morgan fingerprint density at radius 3 is 3.00 bits per heavy atom. The molecule has 3 nitrogen and oxygen atoms in total. The molecule has 1 aromatic heterocycles. The molecule has 0 spiro atoms. The summed E-state index contributed by atoms with van der Waals surface area (Å²) in [7, 11) is 1.67. The highest BCUT2D eigenvalue weighted by Crippen LogP contribution is 2.25. The first-order valence-electron chi connectivity index (χ1n) is 4.32. The fourth-order valence-corrected chi connectivity index (χ4v) is 1.84. The molecule has 0 aromatic carbocycles. The lowest BCUT2D eigenvalue weighted by Crippen LogP contribution is -2.11. The minimum Gasteiger partial charge on any atom is -0.386 e. The average molecular weight is 201 g/mol. The first kappa shape index (κ1) is 10.6. The van der Waals surface area contributed by atoms with Gasteiger partial charge in [-0.1, -0.05) is 6.92 Å². The van der Waals surface area contributed by atoms with Crippen molar-refractivity contribution in [3.63, 3.8) is 0 Å². The van der Waals surface area contributed by atoms with E-state index in [2.05, 4.69) is 4.98 Å². The van der Waals surface area contributed by atoms with Crippen molar-refractivity contribution >= 4 is 11.3 Å². The molecule has 0 aliphatic rings. The van der Waals surface area contributed by atoms with Crippen LogP contribution in [0.15, 0.2) is 11.6 Å². The third-order valence-electron chi connectivity index (χ3n) is 2.02. The summed E-state index contributed by atoms with van der Waals surface area (Å²) in [5, 5.41) is 12.5. The third-order valence-corrected chi connectivity index (χ3v) is 2.87. The number of aromatic nitrogens is 1. The number of aliphatic hydroxyl groups is 1. The number of hydrogen-bond acceptors (Lipinski definition) is 4. The lowest BCUT2D eigenvalue weighted by atomic mass is 10.0. The van der Waals surface area contributed by atoms with Crippen LogP contribution in [0.1, 0.15) is 24.5 Å². The number of aliphatic hydroxyl groups excluding tert-OH is 1. The number of methoxy groups -OCH3 is 1. The lowest BCUT2D eigenvalue weighted by Gasteiger charge is -2.15. The second kappa shape index (κ2) is 5.32. The van der Waals surface area contributed by atoms with Gasteiger partial charge < -0.3 is 9.84 Å². The van der Waals surface area contributed by atoms with Gasteiger partial charge in [0.05, 0.1) is 0 Å². The Morgan fingerprint density at radius 2 is 2.46 bits per heavy atom. The Balaban J connectivity index is 2.43. The maximum atomic E-state index is 9.80. The van der Waals surface area contributed by atoms with Crippen molar-refractivity contribution in [2.24, 2.45) is 5.92 Å². The van der Waals surface area contributed by atoms with Crippen molar-refractivity contribution in [2.75, 3.05) is 13.7 Å². The van der Waals surface area contributed by atoms with Crippen molar-refractivity contribution in [2.45, 2.75) is 19.4 Å². The first-order chi connectivity index (χ1) is 6.25. The molecule has 0 amide bonds. The molecular formula is C9H15NO2S. The molecule has 0 saturated carbocycles. The number of nitrogens with zero attached hydrogens (tertiary/aromatic N) is 1. The van der Waals surface area contributed by atoms with Crippen LogP contribution in [0.5, 0.6) is 0 Å². The molecule has 1 N–H and O–H groups in total. The van der Waals surface area contributed by atoms with Crippen LogP contribution in [-0.2, 0) is 4.74 Å². The van der Waals surface area contributed by atoms with Gasteiger partial charge in [-0.15, -0.1) is 11.3 Å². The molecule has 1 heterocycles. The van der Waals surface area contributed by atoms with E-state index < -0.39 is 6.10 Å². The van der Waals surface area contributed by atoms with Gasteiger partial charge in [-0.3, -0.25) is 0 Å². The van der Waals surface area contributed by atoms with Crippen molar-refractivity contribution in [1.29, 1.82) is 0 Å². The molecule has 74 valence electrons. The van der Waals surface area contributed by atoms with E-state index in [-0.39, 0.29) is 5.92 Å². The largest absolute Gasteiger partial charge is 0.386 e. The Kier molecular flexibility index (Phi) is 4.35. The Morgan fingerprint density at radius 1 is 1.69 bits per heavy atom. The average Bonchev–Trinajstić information content (AvgIpc) is 2.65. The summed E-state index contributed by atoms with van der Waals surface area (Å²) < 4.78 is 4.95. The molecule has 13 heavy (non-hydrogen) atoms. The van der Waals surface area contributed by atoms with E-state index in [1.54, 1.807) is 13.3 Å². The zero-order chi connectivity index (χ0) is 9.68. The predicted octanol–water partition coefficient (Wildman–Crippen LogP) is 1.85. The van der Waals surface area contributed by atoms with Gasteiger partial charge in [0.15, 0.2) is 0 Å². The molecule has 0 fully saturated rings. The number of hydrogen-bond donors (Lipinski definition) is 1. The Hall–Kier alpha value is -0.450. The predicted molar refractivity (Wildman–Crippen MR) is 52.7 cm³/mol. The van der Waals surface area contributed by atoms with Gasteiger partial charge >= 0.3 is 0 Å². The van der Waals surface area contributed by atoms with Gasteiger partial charge in [0.25, 0.3) is 0 Å². The summed E-state index contributed by atoms with van der Waals surface area (Å²) in [5.41, 5.74) is 0. The fraction of sp³-hybridized carbons (Fsp3) is 0.667. The summed E-state index contributed by atoms with van der Waals surface area (Å²) in [6.45, 7) is 2.69. The van der Waals surface area contributed by atoms with Crippen LogP contribution >= 0.6 is 11.3 Å². The van der Waals surface area contributed by atoms with E-state index >= 15 is 0 Å². The van der Waals surface area contributed by atoms with E-state index in [9.17, 15) is 5.11 Å². The minimum atomic E-state index is -0.449. The van der Waals surface area contributed by atoms with Crippen molar-refractivity contribution in [1.82, 2.24) is 4.98 Å². The van der Waals surface area contributed by atoms with E-state index in [0.717, 1.165) is 11.4 Å². The molecule has 0 aliphatic heterocycles. The van der Waals surface area contributed by atoms with Crippen LogP contribution in [0, 0.1) is 5.92 Å². The third kappa shape index (κ3) is 3.06. The smallest absolute Gasteiger partial charge is 0.121 e. The van der Waals surface area contributed by atoms with Crippen LogP contribution < -0.4 is 0 Å². The van der Waals surface area contributed by atoms with Crippen molar-refractivity contribution < 1.29 is 9.84 Å². The minimum absolute atomic E-state index is 0.200. The van der Waals surface area contributed by atoms with Crippen molar-refractivity contribution in [3.05, 3.63) is 16.6 Å². The number of thiazole rings is 1. The Bertz CT molecular complexity index is 226. The van der Waals surface area contributed by atoms with Gasteiger partial charge in [0.2, 0.25) is 0 Å². The van der Waals surface area contributed by atoms with Crippen LogP contribution in [0.2, 0.25) is 0 Å². The number of rotatable bonds is 5. The monoisotopic (exact) mass is 201 g/mol. The summed E-state index contributed by atoms with van der Waals surface area (Å²) in [5.74, 6) is 0.200. The van der Waals surface area contributed by atoms with Gasteiger partial charge in [-0.05, 0) is 12.3 Å². The van der Waals surface area contributed by atoms with Crippen LogP contribution in [-0.4, -0.2) is 23.8 Å². The van der Waals surface area contributed by atoms with Crippen LogP contribution in [0.25, 0.3) is 0 Å². The molecule has 0 radical (unpaired) electrons. The summed E-state index contributed by atoms with van der Waals surface area (Å²) in [4.78, 5) is 4.07. The quantitative estimate of drug-likeness (QED) is 0.790. The second-order valence-electron chi connectivity index (χ2n) is 3.07. The SMILES string of the molecule is COCCC(C)C(O)c1nccs1. The van der Waals surface area contributed by atoms with E-state index in [1.807, 2.05) is 12.3 Å². The summed E-state index contributed by atoms with van der Waals surface area (Å²) >= 11 is 1.49. The normalized spacial score (nSPS) is 15.6. The zero-order valence-corrected chi connectivity index (χ0v) is 8.75. The maximum absolute atomic E-state index is 9.80. The molecular weight excluding hydrogens is 186 g/mol. The van der Waals surface area contributed by atoms with Gasteiger partial charge in [0, 0.05) is 25.3 Å². The summed E-state index contributed by atoms with van der Waals surface area (Å²) in [6.07, 6.45) is 2.12. The van der Waals surface area contributed by atoms with E-state index in [0.29, 0.717) is 6.61 Å². The molecule has 1 aromatic rings. The molecule has 4 heteroatoms. The maximum Gasteiger partial charge on any atom is 0.121 e. The molecule has 2 atom stereocenters. The molecule has 0 bridgehead atoms. The second-order valence-corrected chi connectivity index (χ2v) is 4.00. The first-order valence-corrected chi connectivity index (χ1v) is 5.20. The van der Waals surface area contributed by atoms with Gasteiger partial charge in [0.1, 0.15) is 11.1 Å². The highest BCUT2D eigenvalue weighted by Gasteiger charge is 2.17. The standard InChI is InChI=1S/C9H15NO2S/c1-7(3-5-12-2)8(11)9-10-4-6-13-9/h4,6-8,11H,3,5H2,1-2H3. The van der Waals surface area contributed by atoms with E-state index in [1.165, 1.54) is 11.3 Å². The highest BCUT2D eigenvalue weighted by molar-refractivity contribution is 7.09. The van der Waals surface area contributed by atoms with Gasteiger partial charge in [-0.2, -0.15) is 0 Å². The molecule has 0 saturated heterocycles. The Labute approximate surface area is 82.4 Å². The van der Waals surface area contributed by atoms with Gasteiger partial charge in [-0.25, -0.2) is 4.98 Å². The molecule has 0 aliphatic carbocycles. The van der Waals surface area contributed by atoms with Crippen molar-refractivity contribution in [3.8, 4) is 0 Å². The van der Waals surface area contributed by atoms with Crippen LogP contribution in [0.4, 0.5) is 0 Å². The number of ether oxygens (including phenoxy) is 1. The lowest BCUT2D eigenvalue weighted by molar-refractivity contribution is 0.0884. The fourth-order valence-electron chi connectivity index (χ4n) is 1.09. The zero-order valence-electron chi connectivity index (χ0n) is 7.93.